The Morgan fingerprint density at radius 1 is 1.38 bits per heavy atom. The summed E-state index contributed by atoms with van der Waals surface area (Å²) in [5.41, 5.74) is 3.39. The van der Waals surface area contributed by atoms with Gasteiger partial charge in [0.25, 0.3) is 0 Å². The van der Waals surface area contributed by atoms with Gasteiger partial charge in [-0.25, -0.2) is 4.98 Å². The van der Waals surface area contributed by atoms with E-state index in [0.29, 0.717) is 6.42 Å². The minimum atomic E-state index is -0.806. The van der Waals surface area contributed by atoms with Crippen LogP contribution in [0.25, 0.3) is 10.6 Å². The Hall–Kier alpha value is -1.75. The van der Waals surface area contributed by atoms with Gasteiger partial charge in [0.2, 0.25) is 0 Å². The molecule has 0 radical (unpaired) electrons. The largest absolute Gasteiger partial charge is 0.481 e. The Morgan fingerprint density at radius 2 is 2.25 bits per heavy atom. The van der Waals surface area contributed by atoms with Gasteiger partial charge in [0.05, 0.1) is 28.2 Å². The Kier molecular flexibility index (Phi) is 3.26. The second kappa shape index (κ2) is 4.85. The molecule has 2 aromatic heterocycles. The summed E-state index contributed by atoms with van der Waals surface area (Å²) < 4.78 is 0. The lowest BCUT2D eigenvalue weighted by Crippen LogP contribution is -1.98. The molecule has 0 spiro atoms. The van der Waals surface area contributed by atoms with Gasteiger partial charge < -0.3 is 5.11 Å². The van der Waals surface area contributed by atoms with Crippen molar-refractivity contribution in [1.29, 1.82) is 0 Å². The number of thiazole rings is 1. The highest BCUT2D eigenvalue weighted by atomic mass is 32.1. The minimum absolute atomic E-state index is 0.101. The Morgan fingerprint density at radius 3 is 2.94 bits per heavy atom. The number of carboxylic acids is 1. The van der Waals surface area contributed by atoms with Crippen molar-refractivity contribution >= 4 is 17.3 Å². The van der Waals surface area contributed by atoms with Crippen molar-refractivity contribution in [3.8, 4) is 10.6 Å². The third kappa shape index (κ3) is 2.43. The van der Waals surface area contributed by atoms with E-state index in [4.69, 9.17) is 5.11 Å². The van der Waals surface area contributed by atoms with Gasteiger partial charge in [-0.3, -0.25) is 9.78 Å². The molecule has 0 aliphatic carbocycles. The molecule has 82 valence electrons. The van der Waals surface area contributed by atoms with Crippen molar-refractivity contribution in [2.45, 2.75) is 12.8 Å². The van der Waals surface area contributed by atoms with Crippen LogP contribution in [0.4, 0.5) is 0 Å². The van der Waals surface area contributed by atoms with Gasteiger partial charge in [0, 0.05) is 12.6 Å². The van der Waals surface area contributed by atoms with E-state index in [2.05, 4.69) is 9.97 Å². The summed E-state index contributed by atoms with van der Waals surface area (Å²) in [7, 11) is 0. The van der Waals surface area contributed by atoms with Crippen LogP contribution >= 0.6 is 11.3 Å². The van der Waals surface area contributed by atoms with E-state index in [9.17, 15) is 4.79 Å². The molecule has 0 aliphatic rings. The maximum Gasteiger partial charge on any atom is 0.303 e. The standard InChI is InChI=1S/C11H10N2O2S/c14-10(15)5-4-9-11(16-7-13-9)8-3-1-2-6-12-8/h1-3,6-7H,4-5H2,(H,14,15). The lowest BCUT2D eigenvalue weighted by atomic mass is 10.2. The fraction of sp³-hybridized carbons (Fsp3) is 0.182. The molecular formula is C11H10N2O2S. The summed E-state index contributed by atoms with van der Waals surface area (Å²) in [6, 6.07) is 5.66. The first kappa shape index (κ1) is 10.8. The van der Waals surface area contributed by atoms with Crippen LogP contribution in [-0.4, -0.2) is 21.0 Å². The summed E-state index contributed by atoms with van der Waals surface area (Å²) in [5.74, 6) is -0.806. The first-order valence-corrected chi connectivity index (χ1v) is 5.71. The Balaban J connectivity index is 2.23. The van der Waals surface area contributed by atoms with E-state index in [1.807, 2.05) is 18.2 Å². The fourth-order valence-electron chi connectivity index (χ4n) is 1.38. The first-order valence-electron chi connectivity index (χ1n) is 4.83. The van der Waals surface area contributed by atoms with Crippen LogP contribution in [0.1, 0.15) is 12.1 Å². The van der Waals surface area contributed by atoms with E-state index >= 15 is 0 Å². The molecule has 4 nitrogen and oxygen atoms in total. The highest BCUT2D eigenvalue weighted by Gasteiger charge is 2.10. The van der Waals surface area contributed by atoms with Crippen LogP contribution < -0.4 is 0 Å². The number of nitrogens with zero attached hydrogens (tertiary/aromatic N) is 2. The number of hydrogen-bond acceptors (Lipinski definition) is 4. The monoisotopic (exact) mass is 234 g/mol. The van der Waals surface area contributed by atoms with Gasteiger partial charge >= 0.3 is 5.97 Å². The highest BCUT2D eigenvalue weighted by molar-refractivity contribution is 7.13. The van der Waals surface area contributed by atoms with Crippen molar-refractivity contribution in [1.82, 2.24) is 9.97 Å². The third-order valence-electron chi connectivity index (χ3n) is 2.11. The molecule has 16 heavy (non-hydrogen) atoms. The van der Waals surface area contributed by atoms with E-state index in [-0.39, 0.29) is 6.42 Å². The number of carboxylic acid groups (broad SMARTS) is 1. The van der Waals surface area contributed by atoms with Crippen LogP contribution in [-0.2, 0) is 11.2 Å². The quantitative estimate of drug-likeness (QED) is 0.881. The molecule has 2 rings (SSSR count). The molecule has 0 fully saturated rings. The van der Waals surface area contributed by atoms with Crippen LogP contribution in [0.5, 0.6) is 0 Å². The molecule has 0 saturated carbocycles. The van der Waals surface area contributed by atoms with Crippen molar-refractivity contribution < 1.29 is 9.90 Å². The van der Waals surface area contributed by atoms with Gasteiger partial charge in [-0.05, 0) is 12.1 Å². The lowest BCUT2D eigenvalue weighted by molar-refractivity contribution is -0.136. The molecule has 0 aromatic carbocycles. The zero-order valence-electron chi connectivity index (χ0n) is 8.46. The number of aryl methyl sites for hydroxylation is 1. The summed E-state index contributed by atoms with van der Waals surface area (Å²) in [4.78, 5) is 19.9. The van der Waals surface area contributed by atoms with Crippen molar-refractivity contribution in [2.75, 3.05) is 0 Å². The smallest absolute Gasteiger partial charge is 0.303 e. The van der Waals surface area contributed by atoms with Crippen LogP contribution in [0.15, 0.2) is 29.9 Å². The number of carbonyl (C=O) groups is 1. The second-order valence-corrected chi connectivity index (χ2v) is 4.09. The van der Waals surface area contributed by atoms with Crippen LogP contribution in [0.2, 0.25) is 0 Å². The zero-order chi connectivity index (χ0) is 11.4. The molecule has 0 atom stereocenters. The number of hydrogen-bond donors (Lipinski definition) is 1. The highest BCUT2D eigenvalue weighted by Crippen LogP contribution is 2.26. The second-order valence-electron chi connectivity index (χ2n) is 3.24. The first-order chi connectivity index (χ1) is 7.77. The number of pyridine rings is 1. The topological polar surface area (TPSA) is 63.1 Å². The fourth-order valence-corrected chi connectivity index (χ4v) is 2.20. The molecular weight excluding hydrogens is 224 g/mol. The van der Waals surface area contributed by atoms with Crippen molar-refractivity contribution in [2.24, 2.45) is 0 Å². The minimum Gasteiger partial charge on any atom is -0.481 e. The predicted molar refractivity (Wildman–Crippen MR) is 61.3 cm³/mol. The molecule has 0 bridgehead atoms. The van der Waals surface area contributed by atoms with E-state index < -0.39 is 5.97 Å². The predicted octanol–water partition coefficient (Wildman–Crippen LogP) is 2.22. The summed E-state index contributed by atoms with van der Waals surface area (Å²) in [6.07, 6.45) is 2.27. The lowest BCUT2D eigenvalue weighted by Gasteiger charge is -1.99. The van der Waals surface area contributed by atoms with Gasteiger partial charge in [0.1, 0.15) is 0 Å². The van der Waals surface area contributed by atoms with Gasteiger partial charge in [0.15, 0.2) is 0 Å². The maximum atomic E-state index is 10.5. The van der Waals surface area contributed by atoms with E-state index in [1.165, 1.54) is 11.3 Å². The summed E-state index contributed by atoms with van der Waals surface area (Å²) in [5, 5.41) is 8.63. The van der Waals surface area contributed by atoms with E-state index in [0.717, 1.165) is 16.3 Å². The maximum absolute atomic E-state index is 10.5. The molecule has 2 heterocycles. The Bertz CT molecular complexity index is 482. The molecule has 0 saturated heterocycles. The van der Waals surface area contributed by atoms with Gasteiger partial charge in [-0.15, -0.1) is 11.3 Å². The average Bonchev–Trinajstić information content (AvgIpc) is 2.75. The van der Waals surface area contributed by atoms with Crippen LogP contribution in [0, 0.1) is 0 Å². The third-order valence-corrected chi connectivity index (χ3v) is 3.01. The summed E-state index contributed by atoms with van der Waals surface area (Å²) in [6.45, 7) is 0. The van der Waals surface area contributed by atoms with Crippen molar-refractivity contribution in [3.63, 3.8) is 0 Å². The number of rotatable bonds is 4. The Labute approximate surface area is 96.6 Å². The normalized spacial score (nSPS) is 10.2. The average molecular weight is 234 g/mol. The zero-order valence-corrected chi connectivity index (χ0v) is 9.28. The van der Waals surface area contributed by atoms with E-state index in [1.54, 1.807) is 11.7 Å². The van der Waals surface area contributed by atoms with Gasteiger partial charge in [-0.1, -0.05) is 6.07 Å². The number of aromatic nitrogens is 2. The van der Waals surface area contributed by atoms with Gasteiger partial charge in [-0.2, -0.15) is 0 Å². The summed E-state index contributed by atoms with van der Waals surface area (Å²) >= 11 is 1.49. The number of aliphatic carboxylic acids is 1. The molecule has 0 amide bonds. The molecule has 2 aromatic rings. The molecule has 0 aliphatic heterocycles. The molecule has 1 N–H and O–H groups in total. The molecule has 5 heteroatoms. The SMILES string of the molecule is O=C(O)CCc1ncsc1-c1ccccn1. The molecule has 0 unspecified atom stereocenters. The van der Waals surface area contributed by atoms with Crippen LogP contribution in [0.3, 0.4) is 0 Å². The van der Waals surface area contributed by atoms with Crippen molar-refractivity contribution in [3.05, 3.63) is 35.6 Å².